The van der Waals surface area contributed by atoms with E-state index in [-0.39, 0.29) is 26.4 Å². The van der Waals surface area contributed by atoms with E-state index in [0.29, 0.717) is 0 Å². The van der Waals surface area contributed by atoms with Gasteiger partial charge in [0.05, 0.1) is 19.8 Å². The molecule has 0 aromatic carbocycles. The highest BCUT2D eigenvalue weighted by molar-refractivity contribution is 4.67. The summed E-state index contributed by atoms with van der Waals surface area (Å²) >= 11 is 0. The molecule has 0 radical (unpaired) electrons. The van der Waals surface area contributed by atoms with Gasteiger partial charge >= 0.3 is 6.18 Å². The van der Waals surface area contributed by atoms with Crippen LogP contribution in [0.15, 0.2) is 0 Å². The average Bonchev–Trinajstić information content (AvgIpc) is 2.09. The molecule has 0 heterocycles. The fraction of sp³-hybridized carbons (Fsp3) is 1.00. The summed E-state index contributed by atoms with van der Waals surface area (Å²) in [5.41, 5.74) is 0. The predicted octanol–water partition coefficient (Wildman–Crippen LogP) is -0.492. The van der Waals surface area contributed by atoms with Crippen molar-refractivity contribution in [2.45, 2.75) is 12.3 Å². The Kier molecular flexibility index (Phi) is 6.81. The van der Waals surface area contributed by atoms with Crippen molar-refractivity contribution in [3.8, 4) is 0 Å². The van der Waals surface area contributed by atoms with Gasteiger partial charge in [-0.1, -0.05) is 0 Å². The summed E-state index contributed by atoms with van der Waals surface area (Å²) in [7, 11) is 0. The third kappa shape index (κ3) is 7.07. The lowest BCUT2D eigenvalue weighted by atomic mass is 10.3. The molecule has 0 aliphatic rings. The number of aliphatic hydroxyl groups excluding tert-OH is 2. The van der Waals surface area contributed by atoms with E-state index in [2.05, 4.69) is 5.32 Å². The van der Waals surface area contributed by atoms with Crippen molar-refractivity contribution >= 4 is 0 Å². The molecule has 1 unspecified atom stereocenters. The van der Waals surface area contributed by atoms with Gasteiger partial charge in [0.25, 0.3) is 0 Å². The molecule has 4 nitrogen and oxygen atoms in total. The van der Waals surface area contributed by atoms with E-state index in [1.165, 1.54) is 0 Å². The first kappa shape index (κ1) is 13.6. The summed E-state index contributed by atoms with van der Waals surface area (Å²) in [6, 6.07) is 0. The van der Waals surface area contributed by atoms with Gasteiger partial charge in [-0.3, -0.25) is 0 Å². The third-order valence-corrected chi connectivity index (χ3v) is 1.37. The van der Waals surface area contributed by atoms with Gasteiger partial charge in [0.1, 0.15) is 0 Å². The van der Waals surface area contributed by atoms with Gasteiger partial charge in [0.15, 0.2) is 6.10 Å². The summed E-state index contributed by atoms with van der Waals surface area (Å²) in [5, 5.41) is 19.2. The van der Waals surface area contributed by atoms with Crippen LogP contribution in [-0.2, 0) is 4.74 Å². The molecule has 7 heteroatoms. The Hall–Kier alpha value is -0.370. The SMILES string of the molecule is OCCOCCNCC(O)C(F)(F)F. The molecule has 86 valence electrons. The van der Waals surface area contributed by atoms with E-state index in [1.807, 2.05) is 0 Å². The van der Waals surface area contributed by atoms with Crippen molar-refractivity contribution in [2.75, 3.05) is 32.9 Å². The molecule has 0 bridgehead atoms. The Bertz CT molecular complexity index is 143. The van der Waals surface area contributed by atoms with Crippen LogP contribution in [0.25, 0.3) is 0 Å². The fourth-order valence-corrected chi connectivity index (χ4v) is 0.665. The maximum atomic E-state index is 11.7. The standard InChI is InChI=1S/C7H14F3NO3/c8-7(9,10)6(13)5-11-1-3-14-4-2-12/h6,11-13H,1-5H2. The topological polar surface area (TPSA) is 61.7 Å². The first-order valence-electron chi connectivity index (χ1n) is 4.12. The van der Waals surface area contributed by atoms with Crippen LogP contribution in [-0.4, -0.2) is 55.4 Å². The third-order valence-electron chi connectivity index (χ3n) is 1.37. The zero-order valence-electron chi connectivity index (χ0n) is 7.55. The lowest BCUT2D eigenvalue weighted by molar-refractivity contribution is -0.201. The van der Waals surface area contributed by atoms with Crippen molar-refractivity contribution in [3.63, 3.8) is 0 Å². The van der Waals surface area contributed by atoms with Gasteiger partial charge in [-0.25, -0.2) is 0 Å². The van der Waals surface area contributed by atoms with Crippen LogP contribution < -0.4 is 5.32 Å². The van der Waals surface area contributed by atoms with Crippen LogP contribution >= 0.6 is 0 Å². The van der Waals surface area contributed by atoms with Crippen molar-refractivity contribution in [2.24, 2.45) is 0 Å². The summed E-state index contributed by atoms with van der Waals surface area (Å²) in [6.45, 7) is -0.112. The molecule has 1 atom stereocenters. The van der Waals surface area contributed by atoms with Gasteiger partial charge in [-0.15, -0.1) is 0 Å². The van der Waals surface area contributed by atoms with Crippen LogP contribution in [0, 0.1) is 0 Å². The van der Waals surface area contributed by atoms with E-state index in [9.17, 15) is 13.2 Å². The van der Waals surface area contributed by atoms with E-state index in [1.54, 1.807) is 0 Å². The Morgan fingerprint density at radius 3 is 2.43 bits per heavy atom. The second-order valence-corrected chi connectivity index (χ2v) is 2.60. The van der Waals surface area contributed by atoms with Crippen molar-refractivity contribution < 1.29 is 28.1 Å². The first-order chi connectivity index (χ1) is 6.48. The molecule has 14 heavy (non-hydrogen) atoms. The van der Waals surface area contributed by atoms with Crippen molar-refractivity contribution in [3.05, 3.63) is 0 Å². The largest absolute Gasteiger partial charge is 0.415 e. The number of ether oxygens (including phenoxy) is 1. The molecule has 0 rings (SSSR count). The zero-order valence-corrected chi connectivity index (χ0v) is 7.55. The molecule has 0 amide bonds. The first-order valence-corrected chi connectivity index (χ1v) is 4.12. The number of hydrogen-bond acceptors (Lipinski definition) is 4. The van der Waals surface area contributed by atoms with Gasteiger partial charge in [-0.2, -0.15) is 13.2 Å². The van der Waals surface area contributed by atoms with Crippen LogP contribution in [0.5, 0.6) is 0 Å². The molecule has 0 spiro atoms. The van der Waals surface area contributed by atoms with Crippen LogP contribution in [0.3, 0.4) is 0 Å². The smallest absolute Gasteiger partial charge is 0.394 e. The Morgan fingerprint density at radius 1 is 1.29 bits per heavy atom. The number of nitrogens with one attached hydrogen (secondary N) is 1. The Balaban J connectivity index is 3.28. The van der Waals surface area contributed by atoms with E-state index >= 15 is 0 Å². The van der Waals surface area contributed by atoms with Gasteiger partial charge in [0, 0.05) is 13.1 Å². The minimum atomic E-state index is -4.58. The number of alkyl halides is 3. The van der Waals surface area contributed by atoms with Crippen molar-refractivity contribution in [1.29, 1.82) is 0 Å². The number of hydrogen-bond donors (Lipinski definition) is 3. The second kappa shape index (κ2) is 6.99. The molecule has 0 fully saturated rings. The van der Waals surface area contributed by atoms with Gasteiger partial charge in [-0.05, 0) is 0 Å². The Labute approximate surface area is 79.7 Å². The van der Waals surface area contributed by atoms with Gasteiger partial charge in [0.2, 0.25) is 0 Å². The molecule has 0 saturated carbocycles. The van der Waals surface area contributed by atoms with E-state index in [0.717, 1.165) is 0 Å². The number of rotatable bonds is 7. The highest BCUT2D eigenvalue weighted by Gasteiger charge is 2.37. The van der Waals surface area contributed by atoms with E-state index < -0.39 is 18.8 Å². The lowest BCUT2D eigenvalue weighted by Gasteiger charge is -2.14. The predicted molar refractivity (Wildman–Crippen MR) is 42.8 cm³/mol. The minimum absolute atomic E-state index is 0.120. The molecule has 0 aliphatic carbocycles. The lowest BCUT2D eigenvalue weighted by Crippen LogP contribution is -2.39. The van der Waals surface area contributed by atoms with Crippen molar-refractivity contribution in [1.82, 2.24) is 5.32 Å². The number of halogens is 3. The Morgan fingerprint density at radius 2 is 1.93 bits per heavy atom. The summed E-state index contributed by atoms with van der Waals surface area (Å²) in [4.78, 5) is 0. The molecule has 0 aromatic rings. The maximum absolute atomic E-state index is 11.7. The summed E-state index contributed by atoms with van der Waals surface area (Å²) < 4.78 is 39.9. The quantitative estimate of drug-likeness (QED) is 0.503. The summed E-state index contributed by atoms with van der Waals surface area (Å²) in [5.74, 6) is 0. The monoisotopic (exact) mass is 217 g/mol. The molecular formula is C7H14F3NO3. The molecular weight excluding hydrogens is 203 g/mol. The molecule has 0 saturated heterocycles. The second-order valence-electron chi connectivity index (χ2n) is 2.60. The van der Waals surface area contributed by atoms with Crippen LogP contribution in [0.1, 0.15) is 0 Å². The fourth-order valence-electron chi connectivity index (χ4n) is 0.665. The zero-order chi connectivity index (χ0) is 11.0. The molecule has 3 N–H and O–H groups in total. The van der Waals surface area contributed by atoms with Crippen LogP contribution in [0.2, 0.25) is 0 Å². The average molecular weight is 217 g/mol. The maximum Gasteiger partial charge on any atom is 0.415 e. The summed E-state index contributed by atoms with van der Waals surface area (Å²) in [6.07, 6.45) is -6.93. The highest BCUT2D eigenvalue weighted by atomic mass is 19.4. The number of aliphatic hydroxyl groups is 2. The van der Waals surface area contributed by atoms with Crippen LogP contribution in [0.4, 0.5) is 13.2 Å². The highest BCUT2D eigenvalue weighted by Crippen LogP contribution is 2.18. The normalized spacial score (nSPS) is 14.4. The molecule has 0 aromatic heterocycles. The van der Waals surface area contributed by atoms with Gasteiger partial charge < -0.3 is 20.3 Å². The molecule has 0 aliphatic heterocycles. The van der Waals surface area contributed by atoms with E-state index in [4.69, 9.17) is 14.9 Å². The minimum Gasteiger partial charge on any atom is -0.394 e.